The van der Waals surface area contributed by atoms with Gasteiger partial charge in [0.1, 0.15) is 0 Å². The van der Waals surface area contributed by atoms with Gasteiger partial charge in [-0.25, -0.2) is 5.43 Å². The van der Waals surface area contributed by atoms with E-state index in [0.29, 0.717) is 33.8 Å². The van der Waals surface area contributed by atoms with Gasteiger partial charge in [-0.05, 0) is 65.0 Å². The minimum absolute atomic E-state index is 0.0608. The highest BCUT2D eigenvalue weighted by Crippen LogP contribution is 2.36. The van der Waals surface area contributed by atoms with Crippen molar-refractivity contribution in [2.24, 2.45) is 5.10 Å². The molecule has 3 rings (SSSR count). The Bertz CT molecular complexity index is 1100. The molecule has 0 saturated carbocycles. The van der Waals surface area contributed by atoms with Gasteiger partial charge in [0.05, 0.1) is 23.9 Å². The number of ether oxygens (including phenoxy) is 3. The fourth-order valence-electron chi connectivity index (χ4n) is 3.30. The van der Waals surface area contributed by atoms with E-state index >= 15 is 0 Å². The lowest BCUT2D eigenvalue weighted by molar-refractivity contribution is -0.139. The first-order chi connectivity index (χ1) is 16.9. The van der Waals surface area contributed by atoms with Crippen LogP contribution in [0.4, 0.5) is 5.69 Å². The average Bonchev–Trinajstić information content (AvgIpc) is 3.36. The van der Waals surface area contributed by atoms with E-state index in [4.69, 9.17) is 14.2 Å². The highest BCUT2D eigenvalue weighted by atomic mass is 79.9. The van der Waals surface area contributed by atoms with Crippen LogP contribution in [0.25, 0.3) is 0 Å². The lowest BCUT2D eigenvalue weighted by Gasteiger charge is -2.14. The molecule has 1 atom stereocenters. The van der Waals surface area contributed by atoms with Gasteiger partial charge in [0.2, 0.25) is 0 Å². The van der Waals surface area contributed by atoms with E-state index < -0.39 is 11.8 Å². The van der Waals surface area contributed by atoms with Crippen molar-refractivity contribution in [2.45, 2.75) is 25.9 Å². The second-order valence-electron chi connectivity index (χ2n) is 7.73. The van der Waals surface area contributed by atoms with E-state index in [9.17, 15) is 14.4 Å². The van der Waals surface area contributed by atoms with E-state index in [1.54, 1.807) is 12.1 Å². The van der Waals surface area contributed by atoms with Crippen LogP contribution in [-0.4, -0.2) is 56.9 Å². The lowest BCUT2D eigenvalue weighted by atomic mass is 10.2. The molecular formula is C24H27BrN4O6. The first kappa shape index (κ1) is 26.2. The molecule has 0 bridgehead atoms. The number of nitrogens with zero attached hydrogens (tertiary/aromatic N) is 1. The number of benzene rings is 2. The number of methoxy groups -OCH3 is 1. The summed E-state index contributed by atoms with van der Waals surface area (Å²) < 4.78 is 17.0. The smallest absolute Gasteiger partial charge is 0.329 e. The Kier molecular flexibility index (Phi) is 9.62. The third kappa shape index (κ3) is 7.79. The third-order valence-electron chi connectivity index (χ3n) is 5.12. The van der Waals surface area contributed by atoms with Gasteiger partial charge in [-0.3, -0.25) is 14.4 Å². The number of aryl methyl sites for hydroxylation is 1. The molecule has 1 saturated heterocycles. The average molecular weight is 547 g/mol. The number of anilines is 1. The minimum Gasteiger partial charge on any atom is -0.493 e. The largest absolute Gasteiger partial charge is 0.493 e. The molecule has 0 unspecified atom stereocenters. The molecule has 1 heterocycles. The summed E-state index contributed by atoms with van der Waals surface area (Å²) in [4.78, 5) is 36.1. The molecule has 0 spiro atoms. The summed E-state index contributed by atoms with van der Waals surface area (Å²) in [5.74, 6) is -1.30. The highest BCUT2D eigenvalue weighted by molar-refractivity contribution is 9.10. The summed E-state index contributed by atoms with van der Waals surface area (Å²) in [5, 5.41) is 9.14. The van der Waals surface area contributed by atoms with E-state index in [1.165, 1.54) is 13.3 Å². The van der Waals surface area contributed by atoms with Gasteiger partial charge >= 0.3 is 11.8 Å². The van der Waals surface area contributed by atoms with Crippen molar-refractivity contribution in [1.82, 2.24) is 10.7 Å². The molecular weight excluding hydrogens is 520 g/mol. The van der Waals surface area contributed by atoms with Crippen LogP contribution >= 0.6 is 15.9 Å². The fraction of sp³-hybridized carbons (Fsp3) is 0.333. The second-order valence-corrected chi connectivity index (χ2v) is 8.58. The normalized spacial score (nSPS) is 15.0. The number of rotatable bonds is 9. The molecule has 3 amide bonds. The fourth-order valence-corrected chi connectivity index (χ4v) is 3.87. The van der Waals surface area contributed by atoms with Crippen LogP contribution < -0.4 is 25.5 Å². The predicted molar refractivity (Wildman–Crippen MR) is 134 cm³/mol. The first-order valence-corrected chi connectivity index (χ1v) is 11.8. The summed E-state index contributed by atoms with van der Waals surface area (Å²) in [6, 6.07) is 10.7. The molecule has 1 aliphatic rings. The molecule has 1 aliphatic heterocycles. The second kappa shape index (κ2) is 12.9. The Morgan fingerprint density at radius 2 is 2.03 bits per heavy atom. The van der Waals surface area contributed by atoms with Crippen LogP contribution in [-0.2, 0) is 19.1 Å². The van der Waals surface area contributed by atoms with Crippen molar-refractivity contribution in [3.63, 3.8) is 0 Å². The van der Waals surface area contributed by atoms with Crippen LogP contribution in [0.1, 0.15) is 24.0 Å². The van der Waals surface area contributed by atoms with Crippen molar-refractivity contribution in [3.05, 3.63) is 52.0 Å². The van der Waals surface area contributed by atoms with Gasteiger partial charge in [0, 0.05) is 18.8 Å². The number of carbonyl (C=O) groups is 3. The third-order valence-corrected chi connectivity index (χ3v) is 5.71. The van der Waals surface area contributed by atoms with E-state index in [1.807, 2.05) is 31.2 Å². The highest BCUT2D eigenvalue weighted by Gasteiger charge is 2.19. The molecule has 0 aromatic heterocycles. The van der Waals surface area contributed by atoms with Crippen molar-refractivity contribution in [3.8, 4) is 11.5 Å². The van der Waals surface area contributed by atoms with Gasteiger partial charge < -0.3 is 24.8 Å². The van der Waals surface area contributed by atoms with E-state index in [-0.39, 0.29) is 25.2 Å². The van der Waals surface area contributed by atoms with E-state index in [0.717, 1.165) is 18.4 Å². The van der Waals surface area contributed by atoms with Gasteiger partial charge in [-0.1, -0.05) is 18.2 Å². The van der Waals surface area contributed by atoms with Crippen molar-refractivity contribution < 1.29 is 28.6 Å². The Hall–Kier alpha value is -3.44. The number of halogens is 1. The SMILES string of the molecule is COc1cc(/C=N\NC(=O)C(=O)NC[C@H]2CCCO2)cc(Br)c1OCC(=O)Nc1ccccc1C. The Labute approximate surface area is 211 Å². The Morgan fingerprint density at radius 3 is 2.74 bits per heavy atom. The predicted octanol–water partition coefficient (Wildman–Crippen LogP) is 2.53. The molecule has 0 radical (unpaired) electrons. The minimum atomic E-state index is -0.884. The molecule has 1 fully saturated rings. The van der Waals surface area contributed by atoms with Gasteiger partial charge in [0.25, 0.3) is 5.91 Å². The standard InChI is InChI=1S/C24H27BrN4O6/c1-15-6-3-4-8-19(15)28-21(30)14-35-22-18(25)10-16(11-20(22)33-2)12-27-29-24(32)23(31)26-13-17-7-5-9-34-17/h3-4,6,8,10-12,17H,5,7,9,13-14H2,1-2H3,(H,26,31)(H,28,30)(H,29,32)/b27-12-/t17-/m1/s1. The van der Waals surface area contributed by atoms with Crippen LogP contribution in [0, 0.1) is 6.92 Å². The summed E-state index contributed by atoms with van der Waals surface area (Å²) in [7, 11) is 1.46. The maximum atomic E-state index is 12.3. The summed E-state index contributed by atoms with van der Waals surface area (Å²) in [5.41, 5.74) is 4.39. The zero-order valence-corrected chi connectivity index (χ0v) is 21.0. The first-order valence-electron chi connectivity index (χ1n) is 11.0. The van der Waals surface area contributed by atoms with Gasteiger partial charge in [0.15, 0.2) is 18.1 Å². The summed E-state index contributed by atoms with van der Waals surface area (Å²) in [6.45, 7) is 2.62. The van der Waals surface area contributed by atoms with Crippen LogP contribution in [0.15, 0.2) is 46.0 Å². The number of nitrogens with one attached hydrogen (secondary N) is 3. The summed E-state index contributed by atoms with van der Waals surface area (Å²) in [6.07, 6.45) is 3.09. The molecule has 10 nitrogen and oxygen atoms in total. The van der Waals surface area contributed by atoms with Crippen LogP contribution in [0.2, 0.25) is 0 Å². The number of hydrazone groups is 1. The number of hydrogen-bond donors (Lipinski definition) is 3. The molecule has 186 valence electrons. The van der Waals surface area contributed by atoms with Gasteiger partial charge in [-0.15, -0.1) is 0 Å². The number of para-hydroxylation sites is 1. The molecule has 11 heteroatoms. The molecule has 0 aliphatic carbocycles. The zero-order chi connectivity index (χ0) is 25.2. The summed E-state index contributed by atoms with van der Waals surface area (Å²) >= 11 is 3.40. The molecule has 2 aromatic rings. The van der Waals surface area contributed by atoms with Crippen molar-refractivity contribution >= 4 is 45.6 Å². The molecule has 3 N–H and O–H groups in total. The quantitative estimate of drug-likeness (QED) is 0.252. The van der Waals surface area contributed by atoms with Crippen LogP contribution in [0.5, 0.6) is 11.5 Å². The zero-order valence-electron chi connectivity index (χ0n) is 19.4. The number of hydrogen-bond acceptors (Lipinski definition) is 7. The lowest BCUT2D eigenvalue weighted by Crippen LogP contribution is -2.41. The maximum Gasteiger partial charge on any atom is 0.329 e. The molecule has 2 aromatic carbocycles. The van der Waals surface area contributed by atoms with Gasteiger partial charge in [-0.2, -0.15) is 5.10 Å². The van der Waals surface area contributed by atoms with Crippen LogP contribution in [0.3, 0.4) is 0 Å². The number of amides is 3. The Morgan fingerprint density at radius 1 is 1.23 bits per heavy atom. The number of carbonyl (C=O) groups excluding carboxylic acids is 3. The van der Waals surface area contributed by atoms with E-state index in [2.05, 4.69) is 37.1 Å². The monoisotopic (exact) mass is 546 g/mol. The van der Waals surface area contributed by atoms with Crippen molar-refractivity contribution in [1.29, 1.82) is 0 Å². The topological polar surface area (TPSA) is 127 Å². The maximum absolute atomic E-state index is 12.3. The van der Waals surface area contributed by atoms with Crippen molar-refractivity contribution in [2.75, 3.05) is 32.2 Å². The molecule has 35 heavy (non-hydrogen) atoms. The Balaban J connectivity index is 1.53.